The van der Waals surface area contributed by atoms with Crippen molar-refractivity contribution in [1.82, 2.24) is 24.8 Å². The summed E-state index contributed by atoms with van der Waals surface area (Å²) in [5.41, 5.74) is 6.60. The van der Waals surface area contributed by atoms with E-state index in [4.69, 9.17) is 15.5 Å². The molecule has 3 aromatic heterocycles. The van der Waals surface area contributed by atoms with Crippen LogP contribution in [0.2, 0.25) is 0 Å². The molecule has 6 heterocycles. The number of halogens is 1. The molecule has 7 rings (SSSR count). The third kappa shape index (κ3) is 4.27. The summed E-state index contributed by atoms with van der Waals surface area (Å²) in [6.45, 7) is 5.56. The van der Waals surface area contributed by atoms with E-state index in [1.54, 1.807) is 12.3 Å². The van der Waals surface area contributed by atoms with E-state index in [0.29, 0.717) is 53.5 Å². The molecule has 1 atom stereocenters. The first-order chi connectivity index (χ1) is 18.8. The van der Waals surface area contributed by atoms with Gasteiger partial charge in [-0.25, -0.2) is 9.37 Å². The van der Waals surface area contributed by atoms with Gasteiger partial charge in [-0.15, -0.1) is 0 Å². The molecule has 204 valence electrons. The van der Waals surface area contributed by atoms with E-state index in [-0.39, 0.29) is 22.8 Å². The number of nitrogens with zero attached hydrogens (tertiary/aromatic N) is 6. The molecule has 39 heavy (non-hydrogen) atoms. The average molecular weight is 550 g/mol. The van der Waals surface area contributed by atoms with Gasteiger partial charge in [-0.1, -0.05) is 23.5 Å². The summed E-state index contributed by atoms with van der Waals surface area (Å²) < 4.78 is 23.5. The van der Waals surface area contributed by atoms with E-state index in [0.717, 1.165) is 49.9 Å². The molecule has 3 N–H and O–H groups in total. The smallest absolute Gasteiger partial charge is 0.319 e. The lowest BCUT2D eigenvalue weighted by molar-refractivity contribution is 0.0447. The number of fused-ring (bicyclic) bond motifs is 3. The molecule has 3 saturated heterocycles. The summed E-state index contributed by atoms with van der Waals surface area (Å²) in [7, 11) is 0. The maximum atomic E-state index is 16.4. The summed E-state index contributed by atoms with van der Waals surface area (Å²) >= 11 is 1.36. The van der Waals surface area contributed by atoms with Crippen molar-refractivity contribution in [3.63, 3.8) is 0 Å². The largest absolute Gasteiger partial charge is 0.461 e. The van der Waals surface area contributed by atoms with Crippen molar-refractivity contribution in [3.8, 4) is 17.3 Å². The first kappa shape index (κ1) is 24.9. The van der Waals surface area contributed by atoms with Crippen LogP contribution in [0.1, 0.15) is 45.4 Å². The number of aromatic nitrogens is 4. The molecule has 0 spiro atoms. The predicted molar refractivity (Wildman–Crippen MR) is 151 cm³/mol. The van der Waals surface area contributed by atoms with Gasteiger partial charge >= 0.3 is 6.01 Å². The van der Waals surface area contributed by atoms with Crippen molar-refractivity contribution in [3.05, 3.63) is 30.2 Å². The Morgan fingerprint density at radius 1 is 1.08 bits per heavy atom. The second-order valence-electron chi connectivity index (χ2n) is 11.4. The Morgan fingerprint density at radius 2 is 1.87 bits per heavy atom. The highest BCUT2D eigenvalue weighted by molar-refractivity contribution is 7.22. The van der Waals surface area contributed by atoms with Crippen molar-refractivity contribution in [1.29, 1.82) is 0 Å². The molecule has 0 bridgehead atoms. The lowest BCUT2D eigenvalue weighted by Gasteiger charge is -2.38. The number of nitrogen functional groups attached to an aromatic ring is 1. The van der Waals surface area contributed by atoms with E-state index in [1.807, 2.05) is 24.0 Å². The molecular weight excluding hydrogens is 517 g/mol. The van der Waals surface area contributed by atoms with Crippen LogP contribution >= 0.6 is 11.3 Å². The Hall–Kier alpha value is -3.15. The lowest BCUT2D eigenvalue weighted by atomic mass is 9.95. The maximum absolute atomic E-state index is 16.4. The van der Waals surface area contributed by atoms with Gasteiger partial charge in [0.15, 0.2) is 10.9 Å². The highest BCUT2D eigenvalue weighted by Gasteiger charge is 2.45. The number of hydrogen-bond donors (Lipinski definition) is 2. The van der Waals surface area contributed by atoms with Crippen LogP contribution in [0.4, 0.5) is 15.3 Å². The molecule has 0 aliphatic carbocycles. The Balaban J connectivity index is 1.34. The van der Waals surface area contributed by atoms with Crippen LogP contribution in [0, 0.1) is 5.82 Å². The highest BCUT2D eigenvalue weighted by Crippen LogP contribution is 2.40. The van der Waals surface area contributed by atoms with Gasteiger partial charge < -0.3 is 20.5 Å². The van der Waals surface area contributed by atoms with Crippen molar-refractivity contribution in [2.24, 2.45) is 0 Å². The molecule has 0 radical (unpaired) electrons. The van der Waals surface area contributed by atoms with Gasteiger partial charge in [0.05, 0.1) is 26.7 Å². The molecule has 9 nitrogen and oxygen atoms in total. The Labute approximate surface area is 229 Å². The van der Waals surface area contributed by atoms with E-state index >= 15 is 4.39 Å². The molecule has 3 fully saturated rings. The molecule has 0 amide bonds. The van der Waals surface area contributed by atoms with Crippen LogP contribution in [0.3, 0.4) is 0 Å². The minimum absolute atomic E-state index is 0.00934. The number of piperidine rings is 1. The number of hydrogen-bond acceptors (Lipinski definition) is 10. The van der Waals surface area contributed by atoms with E-state index in [1.165, 1.54) is 11.3 Å². The van der Waals surface area contributed by atoms with Crippen LogP contribution in [0.25, 0.3) is 32.4 Å². The zero-order valence-corrected chi connectivity index (χ0v) is 22.8. The normalized spacial score (nSPS) is 23.1. The molecule has 1 aromatic carbocycles. The van der Waals surface area contributed by atoms with Gasteiger partial charge in [-0.2, -0.15) is 9.97 Å². The van der Waals surface area contributed by atoms with E-state index in [2.05, 4.69) is 19.9 Å². The first-order valence-electron chi connectivity index (χ1n) is 13.7. The van der Waals surface area contributed by atoms with Crippen molar-refractivity contribution < 1.29 is 14.2 Å². The van der Waals surface area contributed by atoms with E-state index < -0.39 is 11.4 Å². The fourth-order valence-corrected chi connectivity index (χ4v) is 7.49. The number of thiazole rings is 1. The molecule has 1 unspecified atom stereocenters. The Bertz CT molecular complexity index is 1560. The Morgan fingerprint density at radius 3 is 2.67 bits per heavy atom. The van der Waals surface area contributed by atoms with Crippen LogP contribution in [0.15, 0.2) is 24.4 Å². The number of para-hydroxylation sites is 1. The van der Waals surface area contributed by atoms with Gasteiger partial charge in [-0.05, 0) is 64.6 Å². The van der Waals surface area contributed by atoms with Crippen LogP contribution in [-0.2, 0) is 0 Å². The number of aliphatic hydroxyl groups is 1. The predicted octanol–water partition coefficient (Wildman–Crippen LogP) is 4.38. The van der Waals surface area contributed by atoms with Crippen molar-refractivity contribution in [2.45, 2.75) is 56.6 Å². The number of anilines is 2. The molecule has 3 aliphatic rings. The van der Waals surface area contributed by atoms with Gasteiger partial charge in [0, 0.05) is 24.8 Å². The summed E-state index contributed by atoms with van der Waals surface area (Å²) in [5.74, 6) is -0.0124. The second-order valence-corrected chi connectivity index (χ2v) is 12.5. The minimum Gasteiger partial charge on any atom is -0.461 e. The minimum atomic E-state index is -0.865. The fourth-order valence-electron chi connectivity index (χ4n) is 6.73. The topological polar surface area (TPSA) is 114 Å². The summed E-state index contributed by atoms with van der Waals surface area (Å²) in [6, 6.07) is 5.72. The van der Waals surface area contributed by atoms with Gasteiger partial charge in [0.25, 0.3) is 0 Å². The zero-order chi connectivity index (χ0) is 26.8. The van der Waals surface area contributed by atoms with E-state index in [9.17, 15) is 5.11 Å². The molecule has 11 heteroatoms. The average Bonchev–Trinajstić information content (AvgIpc) is 3.60. The van der Waals surface area contributed by atoms with Gasteiger partial charge in [-0.3, -0.25) is 9.88 Å². The summed E-state index contributed by atoms with van der Waals surface area (Å²) in [6.07, 6.45) is 7.62. The number of nitrogens with two attached hydrogens (primary N) is 1. The Kier molecular flexibility index (Phi) is 5.87. The van der Waals surface area contributed by atoms with Crippen LogP contribution in [-0.4, -0.2) is 73.9 Å². The van der Waals surface area contributed by atoms with Gasteiger partial charge in [0.1, 0.15) is 23.6 Å². The summed E-state index contributed by atoms with van der Waals surface area (Å²) in [5, 5.41) is 11.7. The van der Waals surface area contributed by atoms with Crippen LogP contribution in [0.5, 0.6) is 6.01 Å². The van der Waals surface area contributed by atoms with Crippen molar-refractivity contribution in [2.75, 3.05) is 43.4 Å². The number of rotatable bonds is 5. The van der Waals surface area contributed by atoms with Crippen molar-refractivity contribution >= 4 is 43.4 Å². The number of β-amino-alcohol motifs (C(OH)–C–C–N with tert-alkyl or cyclic N) is 1. The third-order valence-corrected chi connectivity index (χ3v) is 9.44. The van der Waals surface area contributed by atoms with Gasteiger partial charge in [0.2, 0.25) is 0 Å². The molecular formula is C28H32FN7O2S. The molecule has 4 aromatic rings. The third-order valence-electron chi connectivity index (χ3n) is 8.59. The standard InChI is InChI=1S/C28H32FN7O2S/c1-27(37)8-3-11-35(15-27)24-18-14-31-22(17-6-2-7-19-21(17)32-25(30)39-19)20(29)23(18)33-26(34-24)38-16-28-9-4-12-36(28)13-5-10-28/h2,6-7,14,37H,3-5,8-13,15-16H2,1H3,(H2,30,32). The van der Waals surface area contributed by atoms with Crippen LogP contribution < -0.4 is 15.4 Å². The highest BCUT2D eigenvalue weighted by atomic mass is 32.1. The number of ether oxygens (including phenoxy) is 1. The molecule has 3 aliphatic heterocycles. The SMILES string of the molecule is CC1(O)CCCN(c2nc(OCC34CCCN3CCC4)nc3c(F)c(-c4cccc5sc(N)nc45)ncc23)C1. The molecule has 0 saturated carbocycles. The maximum Gasteiger partial charge on any atom is 0.319 e. The second kappa shape index (κ2) is 9.21. The monoisotopic (exact) mass is 549 g/mol. The first-order valence-corrected chi connectivity index (χ1v) is 14.5. The fraction of sp³-hybridized carbons (Fsp3) is 0.500. The number of benzene rings is 1. The quantitative estimate of drug-likeness (QED) is 0.374. The lowest BCUT2D eigenvalue weighted by Crippen LogP contribution is -2.46. The zero-order valence-electron chi connectivity index (χ0n) is 22.0. The number of pyridine rings is 1. The summed E-state index contributed by atoms with van der Waals surface area (Å²) in [4.78, 5) is 22.9.